The molecule has 2 rings (SSSR count). The predicted molar refractivity (Wildman–Crippen MR) is 84.1 cm³/mol. The summed E-state index contributed by atoms with van der Waals surface area (Å²) in [6.45, 7) is 0.528. The summed E-state index contributed by atoms with van der Waals surface area (Å²) in [4.78, 5) is 0. The van der Waals surface area contributed by atoms with Gasteiger partial charge in [0.15, 0.2) is 11.5 Å². The Morgan fingerprint density at radius 2 is 1.79 bits per heavy atom. The molecule has 0 amide bonds. The van der Waals surface area contributed by atoms with Crippen LogP contribution in [-0.4, -0.2) is 7.11 Å². The largest absolute Gasteiger partial charge is 0.493 e. The Morgan fingerprint density at radius 3 is 2.42 bits per heavy atom. The van der Waals surface area contributed by atoms with Gasteiger partial charge in [-0.1, -0.05) is 62.2 Å². The number of hydrogen-bond acceptors (Lipinski definition) is 2. The predicted octanol–water partition coefficient (Wildman–Crippen LogP) is 4.93. The Morgan fingerprint density at radius 1 is 1.05 bits per heavy atom. The summed E-state index contributed by atoms with van der Waals surface area (Å²) in [5.41, 5.74) is 2.26. The fourth-order valence-electron chi connectivity index (χ4n) is 1.69. The van der Waals surface area contributed by atoms with Crippen LogP contribution < -0.4 is 9.47 Å². The van der Waals surface area contributed by atoms with E-state index in [9.17, 15) is 0 Å². The molecule has 0 saturated carbocycles. The first-order valence-electron chi connectivity index (χ1n) is 5.83. The van der Waals surface area contributed by atoms with Crippen molar-refractivity contribution >= 4 is 31.9 Å². The van der Waals surface area contributed by atoms with Crippen LogP contribution in [-0.2, 0) is 11.9 Å². The third-order valence-electron chi connectivity index (χ3n) is 2.71. The van der Waals surface area contributed by atoms with E-state index >= 15 is 0 Å². The summed E-state index contributed by atoms with van der Waals surface area (Å²) in [7, 11) is 1.64. The SMILES string of the molecule is COc1cc(Br)c(CBr)cc1OCc1ccccc1. The molecule has 0 bridgehead atoms. The fraction of sp³-hybridized carbons (Fsp3) is 0.200. The van der Waals surface area contributed by atoms with E-state index in [1.54, 1.807) is 7.11 Å². The highest BCUT2D eigenvalue weighted by atomic mass is 79.9. The minimum absolute atomic E-state index is 0.528. The molecule has 0 saturated heterocycles. The molecule has 2 aromatic carbocycles. The molecule has 0 aliphatic rings. The van der Waals surface area contributed by atoms with Crippen LogP contribution in [0.5, 0.6) is 11.5 Å². The standard InChI is InChI=1S/C15H14Br2O2/c1-18-14-8-13(17)12(9-16)7-15(14)19-10-11-5-3-2-4-6-11/h2-8H,9-10H2,1H3. The van der Waals surface area contributed by atoms with Gasteiger partial charge in [0, 0.05) is 9.80 Å². The molecule has 0 heterocycles. The van der Waals surface area contributed by atoms with Crippen LogP contribution in [0, 0.1) is 0 Å². The average molecular weight is 386 g/mol. The molecular formula is C15H14Br2O2. The number of halogens is 2. The molecule has 0 aromatic heterocycles. The summed E-state index contributed by atoms with van der Waals surface area (Å²) in [6, 6.07) is 14.0. The van der Waals surface area contributed by atoms with E-state index in [1.807, 2.05) is 42.5 Å². The fourth-order valence-corrected chi connectivity index (χ4v) is 2.99. The molecule has 0 aliphatic heterocycles. The van der Waals surface area contributed by atoms with Crippen molar-refractivity contribution in [3.05, 3.63) is 58.1 Å². The number of methoxy groups -OCH3 is 1. The molecule has 2 aromatic rings. The van der Waals surface area contributed by atoms with E-state index in [1.165, 1.54) is 0 Å². The van der Waals surface area contributed by atoms with Gasteiger partial charge in [-0.2, -0.15) is 0 Å². The van der Waals surface area contributed by atoms with Gasteiger partial charge in [0.05, 0.1) is 7.11 Å². The Hall–Kier alpha value is -1.00. The van der Waals surface area contributed by atoms with Gasteiger partial charge in [-0.25, -0.2) is 0 Å². The Bertz CT molecular complexity index is 541. The molecular weight excluding hydrogens is 372 g/mol. The van der Waals surface area contributed by atoms with Gasteiger partial charge in [0.25, 0.3) is 0 Å². The number of ether oxygens (including phenoxy) is 2. The molecule has 100 valence electrons. The van der Waals surface area contributed by atoms with E-state index in [-0.39, 0.29) is 0 Å². The minimum atomic E-state index is 0.528. The van der Waals surface area contributed by atoms with Crippen molar-refractivity contribution in [2.45, 2.75) is 11.9 Å². The lowest BCUT2D eigenvalue weighted by Crippen LogP contribution is -1.98. The number of alkyl halides is 1. The lowest BCUT2D eigenvalue weighted by Gasteiger charge is -2.13. The van der Waals surface area contributed by atoms with Crippen molar-refractivity contribution in [3.63, 3.8) is 0 Å². The third kappa shape index (κ3) is 3.74. The van der Waals surface area contributed by atoms with Crippen molar-refractivity contribution < 1.29 is 9.47 Å². The van der Waals surface area contributed by atoms with Gasteiger partial charge in [-0.15, -0.1) is 0 Å². The highest BCUT2D eigenvalue weighted by Crippen LogP contribution is 2.34. The monoisotopic (exact) mass is 384 g/mol. The summed E-state index contributed by atoms with van der Waals surface area (Å²) in [5, 5.41) is 0.763. The third-order valence-corrected chi connectivity index (χ3v) is 4.06. The first kappa shape index (κ1) is 14.4. The van der Waals surface area contributed by atoms with Crippen molar-refractivity contribution in [2.75, 3.05) is 7.11 Å². The van der Waals surface area contributed by atoms with E-state index in [2.05, 4.69) is 31.9 Å². The lowest BCUT2D eigenvalue weighted by molar-refractivity contribution is 0.284. The molecule has 0 atom stereocenters. The van der Waals surface area contributed by atoms with Crippen molar-refractivity contribution in [1.29, 1.82) is 0 Å². The molecule has 0 spiro atoms. The van der Waals surface area contributed by atoms with Gasteiger partial charge >= 0.3 is 0 Å². The number of benzene rings is 2. The van der Waals surface area contributed by atoms with E-state index in [0.29, 0.717) is 6.61 Å². The lowest BCUT2D eigenvalue weighted by atomic mass is 10.2. The van der Waals surface area contributed by atoms with Gasteiger partial charge in [0.1, 0.15) is 6.61 Å². The normalized spacial score (nSPS) is 10.3. The van der Waals surface area contributed by atoms with Crippen molar-refractivity contribution in [1.82, 2.24) is 0 Å². The van der Waals surface area contributed by atoms with Gasteiger partial charge in [0.2, 0.25) is 0 Å². The summed E-state index contributed by atoms with van der Waals surface area (Å²) < 4.78 is 12.2. The zero-order valence-corrected chi connectivity index (χ0v) is 13.7. The summed E-state index contributed by atoms with van der Waals surface area (Å²) in [6.07, 6.45) is 0. The van der Waals surface area contributed by atoms with E-state index in [4.69, 9.17) is 9.47 Å². The average Bonchev–Trinajstić information content (AvgIpc) is 2.46. The highest BCUT2D eigenvalue weighted by Gasteiger charge is 2.09. The molecule has 0 N–H and O–H groups in total. The molecule has 0 aliphatic carbocycles. The van der Waals surface area contributed by atoms with Crippen LogP contribution in [0.2, 0.25) is 0 Å². The second-order valence-corrected chi connectivity index (χ2v) is 5.42. The summed E-state index contributed by atoms with van der Waals surface area (Å²) >= 11 is 6.97. The van der Waals surface area contributed by atoms with Gasteiger partial charge in [-0.3, -0.25) is 0 Å². The highest BCUT2D eigenvalue weighted by molar-refractivity contribution is 9.10. The Balaban J connectivity index is 2.19. The Labute approximate surface area is 130 Å². The van der Waals surface area contributed by atoms with Crippen LogP contribution >= 0.6 is 31.9 Å². The molecule has 0 radical (unpaired) electrons. The molecule has 19 heavy (non-hydrogen) atoms. The first-order chi connectivity index (χ1) is 9.24. The Kier molecular flexibility index (Phi) is 5.28. The van der Waals surface area contributed by atoms with Crippen LogP contribution in [0.4, 0.5) is 0 Å². The van der Waals surface area contributed by atoms with Crippen LogP contribution in [0.15, 0.2) is 46.9 Å². The maximum absolute atomic E-state index is 5.84. The van der Waals surface area contributed by atoms with Gasteiger partial charge < -0.3 is 9.47 Å². The molecule has 4 heteroatoms. The maximum Gasteiger partial charge on any atom is 0.162 e. The smallest absolute Gasteiger partial charge is 0.162 e. The van der Waals surface area contributed by atoms with Crippen molar-refractivity contribution in [2.24, 2.45) is 0 Å². The van der Waals surface area contributed by atoms with Crippen molar-refractivity contribution in [3.8, 4) is 11.5 Å². The van der Waals surface area contributed by atoms with E-state index in [0.717, 1.165) is 32.4 Å². The van der Waals surface area contributed by atoms with Crippen LogP contribution in [0.25, 0.3) is 0 Å². The van der Waals surface area contributed by atoms with Crippen LogP contribution in [0.1, 0.15) is 11.1 Å². The van der Waals surface area contributed by atoms with Gasteiger partial charge in [-0.05, 0) is 23.3 Å². The first-order valence-corrected chi connectivity index (χ1v) is 7.75. The quantitative estimate of drug-likeness (QED) is 0.679. The zero-order chi connectivity index (χ0) is 13.7. The number of hydrogen-bond donors (Lipinski definition) is 0. The molecule has 2 nitrogen and oxygen atoms in total. The molecule has 0 unspecified atom stereocenters. The maximum atomic E-state index is 5.84. The van der Waals surface area contributed by atoms with Crippen LogP contribution in [0.3, 0.4) is 0 Å². The second-order valence-electron chi connectivity index (χ2n) is 4.00. The molecule has 0 fully saturated rings. The second kappa shape index (κ2) is 6.96. The minimum Gasteiger partial charge on any atom is -0.493 e. The summed E-state index contributed by atoms with van der Waals surface area (Å²) in [5.74, 6) is 1.48. The number of rotatable bonds is 5. The van der Waals surface area contributed by atoms with E-state index < -0.39 is 0 Å². The zero-order valence-electron chi connectivity index (χ0n) is 10.5. The topological polar surface area (TPSA) is 18.5 Å².